The highest BCUT2D eigenvalue weighted by Gasteiger charge is 2.30. The van der Waals surface area contributed by atoms with Crippen molar-refractivity contribution >= 4 is 17.4 Å². The van der Waals surface area contributed by atoms with E-state index in [1.807, 2.05) is 18.3 Å². The van der Waals surface area contributed by atoms with Gasteiger partial charge in [-0.1, -0.05) is 36.4 Å². The van der Waals surface area contributed by atoms with E-state index < -0.39 is 0 Å². The van der Waals surface area contributed by atoms with Crippen molar-refractivity contribution in [2.75, 3.05) is 32.6 Å². The summed E-state index contributed by atoms with van der Waals surface area (Å²) in [5.41, 5.74) is 9.35. The third-order valence-electron chi connectivity index (χ3n) is 8.08. The quantitative estimate of drug-likeness (QED) is 0.331. The Kier molecular flexibility index (Phi) is 5.94. The maximum absolute atomic E-state index is 13.1. The second kappa shape index (κ2) is 9.63. The number of nitrogens with one attached hydrogen (secondary N) is 2. The van der Waals surface area contributed by atoms with Gasteiger partial charge >= 0.3 is 0 Å². The molecule has 0 unspecified atom stereocenters. The number of fused-ring (bicyclic) bond motifs is 4. The molecular weight excluding hydrogens is 488 g/mol. The molecule has 0 saturated carbocycles. The zero-order chi connectivity index (χ0) is 26.5. The van der Waals surface area contributed by atoms with Crippen molar-refractivity contribution in [3.05, 3.63) is 82.7 Å². The number of imidazole rings is 1. The highest BCUT2D eigenvalue weighted by Crippen LogP contribution is 2.40. The Morgan fingerprint density at radius 2 is 1.92 bits per heavy atom. The van der Waals surface area contributed by atoms with E-state index in [0.29, 0.717) is 18.0 Å². The van der Waals surface area contributed by atoms with Crippen molar-refractivity contribution in [1.82, 2.24) is 24.8 Å². The van der Waals surface area contributed by atoms with E-state index in [2.05, 4.69) is 70.6 Å². The summed E-state index contributed by atoms with van der Waals surface area (Å²) in [6, 6.07) is 16.7. The van der Waals surface area contributed by atoms with Crippen LogP contribution in [-0.2, 0) is 24.4 Å². The summed E-state index contributed by atoms with van der Waals surface area (Å²) >= 11 is 0. The zero-order valence-corrected chi connectivity index (χ0v) is 22.3. The van der Waals surface area contributed by atoms with E-state index in [1.165, 1.54) is 16.7 Å². The molecule has 1 amide bonds. The molecule has 3 aliphatic rings. The lowest BCUT2D eigenvalue weighted by Gasteiger charge is -2.25. The van der Waals surface area contributed by atoms with Crippen LogP contribution < -0.4 is 10.6 Å². The molecule has 2 aromatic heterocycles. The van der Waals surface area contributed by atoms with Gasteiger partial charge in [0.05, 0.1) is 35.4 Å². The van der Waals surface area contributed by atoms with Gasteiger partial charge in [0.2, 0.25) is 0 Å². The molecule has 4 aromatic rings. The van der Waals surface area contributed by atoms with Crippen molar-refractivity contribution in [2.24, 2.45) is 0 Å². The summed E-state index contributed by atoms with van der Waals surface area (Å²) in [4.78, 5) is 25.0. The average molecular weight is 521 g/mol. The predicted molar refractivity (Wildman–Crippen MR) is 151 cm³/mol. The van der Waals surface area contributed by atoms with E-state index in [1.54, 1.807) is 0 Å². The molecule has 198 valence electrons. The third kappa shape index (κ3) is 4.20. The number of benzene rings is 2. The first-order valence-corrected chi connectivity index (χ1v) is 13.6. The highest BCUT2D eigenvalue weighted by molar-refractivity contribution is 6.06. The number of hydrogen-bond acceptors (Lipinski definition) is 6. The SMILES string of the molecule is CN(C)Cc1nc(Nc2ccc(-c3cnc4n3Cc3ccccc3-4)c3c2C(=O)NC3)ccc1C1CCOCC1. The molecule has 8 heteroatoms. The Labute approximate surface area is 228 Å². The fraction of sp³-hybridized carbons (Fsp3) is 0.323. The Balaban J connectivity index is 1.23. The van der Waals surface area contributed by atoms with Crippen LogP contribution in [0.4, 0.5) is 11.5 Å². The van der Waals surface area contributed by atoms with Gasteiger partial charge in [-0.2, -0.15) is 0 Å². The van der Waals surface area contributed by atoms with E-state index in [4.69, 9.17) is 14.7 Å². The number of hydrogen-bond donors (Lipinski definition) is 2. The minimum atomic E-state index is -0.0638. The molecule has 0 bridgehead atoms. The summed E-state index contributed by atoms with van der Waals surface area (Å²) in [6.45, 7) is 3.64. The molecule has 2 N–H and O–H groups in total. The lowest BCUT2D eigenvalue weighted by Crippen LogP contribution is -2.19. The van der Waals surface area contributed by atoms with Gasteiger partial charge in [0.25, 0.3) is 5.91 Å². The van der Waals surface area contributed by atoms with Crippen molar-refractivity contribution in [1.29, 1.82) is 0 Å². The maximum atomic E-state index is 13.1. The van der Waals surface area contributed by atoms with Crippen LogP contribution in [0.25, 0.3) is 22.6 Å². The van der Waals surface area contributed by atoms with Gasteiger partial charge in [-0.25, -0.2) is 9.97 Å². The molecule has 39 heavy (non-hydrogen) atoms. The van der Waals surface area contributed by atoms with Gasteiger partial charge in [-0.15, -0.1) is 0 Å². The van der Waals surface area contributed by atoms with Crippen LogP contribution in [0.15, 0.2) is 54.7 Å². The Morgan fingerprint density at radius 1 is 1.08 bits per heavy atom. The Morgan fingerprint density at radius 3 is 2.77 bits per heavy atom. The first-order chi connectivity index (χ1) is 19.1. The van der Waals surface area contributed by atoms with Crippen molar-refractivity contribution < 1.29 is 9.53 Å². The van der Waals surface area contributed by atoms with Crippen LogP contribution >= 0.6 is 0 Å². The third-order valence-corrected chi connectivity index (χ3v) is 8.08. The normalized spacial score (nSPS) is 16.2. The molecule has 1 saturated heterocycles. The lowest BCUT2D eigenvalue weighted by atomic mass is 9.90. The van der Waals surface area contributed by atoms with Crippen LogP contribution in [0.2, 0.25) is 0 Å². The predicted octanol–water partition coefficient (Wildman–Crippen LogP) is 4.92. The summed E-state index contributed by atoms with van der Waals surface area (Å²) in [5.74, 6) is 2.13. The molecule has 2 aromatic carbocycles. The minimum absolute atomic E-state index is 0.0638. The molecule has 0 aliphatic carbocycles. The second-order valence-corrected chi connectivity index (χ2v) is 10.9. The summed E-state index contributed by atoms with van der Waals surface area (Å²) in [6.07, 6.45) is 3.97. The van der Waals surface area contributed by atoms with Crippen molar-refractivity contribution in [2.45, 2.75) is 38.4 Å². The molecule has 0 atom stereocenters. The Hall–Kier alpha value is -4.01. The number of ether oxygens (including phenoxy) is 1. The maximum Gasteiger partial charge on any atom is 0.254 e. The van der Waals surface area contributed by atoms with Crippen LogP contribution in [0.1, 0.15) is 51.5 Å². The molecule has 7 rings (SSSR count). The smallest absolute Gasteiger partial charge is 0.254 e. The number of nitrogens with zero attached hydrogens (tertiary/aromatic N) is 4. The molecule has 0 radical (unpaired) electrons. The molecule has 1 fully saturated rings. The average Bonchev–Trinajstić information content (AvgIpc) is 3.63. The number of anilines is 2. The van der Waals surface area contributed by atoms with Crippen molar-refractivity contribution in [3.8, 4) is 22.6 Å². The highest BCUT2D eigenvalue weighted by atomic mass is 16.5. The first kappa shape index (κ1) is 24.1. The van der Waals surface area contributed by atoms with E-state index in [0.717, 1.165) is 79.0 Å². The van der Waals surface area contributed by atoms with Crippen LogP contribution in [-0.4, -0.2) is 52.7 Å². The fourth-order valence-electron chi connectivity index (χ4n) is 6.23. The van der Waals surface area contributed by atoms with Gasteiger partial charge in [0.15, 0.2) is 0 Å². The van der Waals surface area contributed by atoms with E-state index >= 15 is 0 Å². The Bertz CT molecular complexity index is 1580. The number of amides is 1. The number of aromatic nitrogens is 3. The number of rotatable bonds is 6. The van der Waals surface area contributed by atoms with Gasteiger partial charge < -0.3 is 24.8 Å². The van der Waals surface area contributed by atoms with Gasteiger partial charge in [0.1, 0.15) is 11.6 Å². The van der Waals surface area contributed by atoms with Crippen LogP contribution in [0.3, 0.4) is 0 Å². The van der Waals surface area contributed by atoms with Gasteiger partial charge in [-0.3, -0.25) is 4.79 Å². The van der Waals surface area contributed by atoms with Crippen LogP contribution in [0.5, 0.6) is 0 Å². The lowest BCUT2D eigenvalue weighted by molar-refractivity contribution is 0.0849. The largest absolute Gasteiger partial charge is 0.381 e. The van der Waals surface area contributed by atoms with Gasteiger partial charge in [-0.05, 0) is 61.7 Å². The first-order valence-electron chi connectivity index (χ1n) is 13.6. The summed E-state index contributed by atoms with van der Waals surface area (Å²) in [5, 5.41) is 6.52. The molecule has 8 nitrogen and oxygen atoms in total. The molecule has 0 spiro atoms. The zero-order valence-electron chi connectivity index (χ0n) is 22.3. The number of carbonyl (C=O) groups is 1. The van der Waals surface area contributed by atoms with Crippen molar-refractivity contribution in [3.63, 3.8) is 0 Å². The number of pyridine rings is 1. The fourth-order valence-corrected chi connectivity index (χ4v) is 6.23. The standard InChI is InChI=1S/C31H32N6O2/c1-36(2)18-26-21(19-11-13-39-14-12-19)8-10-28(35-26)34-25-9-7-23(24-15-33-31(38)29(24)25)27-16-32-30-22-6-4-3-5-20(22)17-37(27)30/h3-10,16,19H,11-15,17-18H2,1-2H3,(H,33,38)(H,34,35). The second-order valence-electron chi connectivity index (χ2n) is 10.9. The van der Waals surface area contributed by atoms with Gasteiger partial charge in [0, 0.05) is 37.4 Å². The summed E-state index contributed by atoms with van der Waals surface area (Å²) < 4.78 is 7.84. The molecular formula is C31H32N6O2. The van der Waals surface area contributed by atoms with Crippen LogP contribution in [0, 0.1) is 0 Å². The molecule has 3 aliphatic heterocycles. The molecule has 5 heterocycles. The van der Waals surface area contributed by atoms with E-state index in [-0.39, 0.29) is 5.91 Å². The topological polar surface area (TPSA) is 84.3 Å². The minimum Gasteiger partial charge on any atom is -0.381 e. The summed E-state index contributed by atoms with van der Waals surface area (Å²) in [7, 11) is 4.13. The monoisotopic (exact) mass is 520 g/mol. The van der Waals surface area contributed by atoms with E-state index in [9.17, 15) is 4.79 Å². The number of carbonyl (C=O) groups excluding carboxylic acids is 1.